The van der Waals surface area contributed by atoms with Crippen LogP contribution in [0.4, 0.5) is 0 Å². The van der Waals surface area contributed by atoms with Gasteiger partial charge in [-0.2, -0.15) is 0 Å². The summed E-state index contributed by atoms with van der Waals surface area (Å²) in [6.45, 7) is 11.6. The molecule has 1 saturated heterocycles. The summed E-state index contributed by atoms with van der Waals surface area (Å²) in [5.74, 6) is -0.247. The van der Waals surface area contributed by atoms with E-state index in [1.54, 1.807) is 0 Å². The fourth-order valence-electron chi connectivity index (χ4n) is 2.23. The van der Waals surface area contributed by atoms with Gasteiger partial charge in [-0.3, -0.25) is 4.79 Å². The number of nitrogens with two attached hydrogens (primary N) is 1. The van der Waals surface area contributed by atoms with Crippen LogP contribution in [0.3, 0.4) is 0 Å². The van der Waals surface area contributed by atoms with Crippen LogP contribution in [0, 0.1) is 5.41 Å². The van der Waals surface area contributed by atoms with Crippen molar-refractivity contribution in [3.63, 3.8) is 0 Å². The number of amides is 1. The second-order valence-corrected chi connectivity index (χ2v) is 6.24. The molecule has 1 amide bonds. The van der Waals surface area contributed by atoms with E-state index in [4.69, 9.17) is 5.73 Å². The van der Waals surface area contributed by atoms with Crippen molar-refractivity contribution in [3.8, 4) is 0 Å². The zero-order chi connectivity index (χ0) is 13.1. The van der Waals surface area contributed by atoms with Crippen LogP contribution in [0.15, 0.2) is 0 Å². The Morgan fingerprint density at radius 3 is 2.29 bits per heavy atom. The van der Waals surface area contributed by atoms with Crippen molar-refractivity contribution in [2.45, 2.75) is 52.6 Å². The second kappa shape index (κ2) is 5.83. The fraction of sp³-hybridized carbons (Fsp3) is 0.923. The third-order valence-electron chi connectivity index (χ3n) is 3.53. The molecule has 4 nitrogen and oxygen atoms in total. The summed E-state index contributed by atoms with van der Waals surface area (Å²) < 4.78 is 0. The molecular weight excluding hydrogens is 214 g/mol. The molecule has 0 saturated carbocycles. The van der Waals surface area contributed by atoms with E-state index in [9.17, 15) is 4.79 Å². The first kappa shape index (κ1) is 14.5. The van der Waals surface area contributed by atoms with E-state index < -0.39 is 0 Å². The molecule has 1 heterocycles. The first-order valence-electron chi connectivity index (χ1n) is 6.58. The van der Waals surface area contributed by atoms with Crippen LogP contribution in [0.5, 0.6) is 0 Å². The van der Waals surface area contributed by atoms with Gasteiger partial charge < -0.3 is 16.0 Å². The number of hydrogen-bond donors (Lipinski definition) is 2. The molecule has 0 aliphatic carbocycles. The molecule has 1 fully saturated rings. The molecule has 0 aromatic rings. The maximum Gasteiger partial charge on any atom is 0.235 e. The first-order chi connectivity index (χ1) is 7.80. The van der Waals surface area contributed by atoms with Crippen molar-refractivity contribution in [1.29, 1.82) is 0 Å². The molecule has 0 aromatic heterocycles. The van der Waals surface area contributed by atoms with E-state index in [0.29, 0.717) is 5.41 Å². The number of piperidine rings is 1. The molecule has 3 N–H and O–H groups in total. The number of carbonyl (C=O) groups is 1. The summed E-state index contributed by atoms with van der Waals surface area (Å²) in [6, 6.07) is 0.0601. The van der Waals surface area contributed by atoms with Crippen LogP contribution in [0.2, 0.25) is 0 Å². The van der Waals surface area contributed by atoms with Crippen LogP contribution in [-0.4, -0.2) is 42.5 Å². The van der Waals surface area contributed by atoms with Crippen molar-refractivity contribution < 1.29 is 4.79 Å². The molecule has 100 valence electrons. The minimum absolute atomic E-state index is 0.226. The number of primary amides is 1. The standard InChI is InChI=1S/C13H27N3O/c1-10(2)15-11(12(14)17)9-16-7-5-13(3,4)6-8-16/h10-11,15H,5-9H2,1-4H3,(H2,14,17). The summed E-state index contributed by atoms with van der Waals surface area (Å²) in [6.07, 6.45) is 2.39. The fourth-order valence-corrected chi connectivity index (χ4v) is 2.23. The predicted octanol–water partition coefficient (Wildman–Crippen LogP) is 0.960. The van der Waals surface area contributed by atoms with E-state index in [1.165, 1.54) is 12.8 Å². The molecule has 0 aromatic carbocycles. The molecule has 0 radical (unpaired) electrons. The van der Waals surface area contributed by atoms with Crippen molar-refractivity contribution >= 4 is 5.91 Å². The number of likely N-dealkylation sites (tertiary alicyclic amines) is 1. The Labute approximate surface area is 105 Å². The molecule has 17 heavy (non-hydrogen) atoms. The number of nitrogens with zero attached hydrogens (tertiary/aromatic N) is 1. The smallest absolute Gasteiger partial charge is 0.235 e. The van der Waals surface area contributed by atoms with E-state index in [0.717, 1.165) is 19.6 Å². The summed E-state index contributed by atoms with van der Waals surface area (Å²) in [7, 11) is 0. The van der Waals surface area contributed by atoms with Crippen molar-refractivity contribution in [1.82, 2.24) is 10.2 Å². The van der Waals surface area contributed by atoms with Crippen molar-refractivity contribution in [2.24, 2.45) is 11.1 Å². The second-order valence-electron chi connectivity index (χ2n) is 6.24. The topological polar surface area (TPSA) is 58.4 Å². The average Bonchev–Trinajstić information content (AvgIpc) is 2.19. The molecular formula is C13H27N3O. The summed E-state index contributed by atoms with van der Waals surface area (Å²) >= 11 is 0. The van der Waals surface area contributed by atoms with Gasteiger partial charge in [0, 0.05) is 12.6 Å². The van der Waals surface area contributed by atoms with Crippen LogP contribution >= 0.6 is 0 Å². The quantitative estimate of drug-likeness (QED) is 0.754. The van der Waals surface area contributed by atoms with Crippen LogP contribution < -0.4 is 11.1 Å². The Bertz CT molecular complexity index is 253. The van der Waals surface area contributed by atoms with Crippen LogP contribution in [-0.2, 0) is 4.79 Å². The van der Waals surface area contributed by atoms with Gasteiger partial charge in [-0.25, -0.2) is 0 Å². The number of hydrogen-bond acceptors (Lipinski definition) is 3. The monoisotopic (exact) mass is 241 g/mol. The Morgan fingerprint density at radius 1 is 1.35 bits per heavy atom. The van der Waals surface area contributed by atoms with Gasteiger partial charge in [-0.1, -0.05) is 27.7 Å². The van der Waals surface area contributed by atoms with Crippen LogP contribution in [0.25, 0.3) is 0 Å². The minimum Gasteiger partial charge on any atom is -0.368 e. The van der Waals surface area contributed by atoms with Gasteiger partial charge in [0.2, 0.25) is 5.91 Å². The highest BCUT2D eigenvalue weighted by Crippen LogP contribution is 2.29. The maximum atomic E-state index is 11.4. The summed E-state index contributed by atoms with van der Waals surface area (Å²) in [4.78, 5) is 13.7. The molecule has 1 unspecified atom stereocenters. The highest BCUT2D eigenvalue weighted by atomic mass is 16.1. The van der Waals surface area contributed by atoms with Crippen molar-refractivity contribution in [3.05, 3.63) is 0 Å². The van der Waals surface area contributed by atoms with Crippen molar-refractivity contribution in [2.75, 3.05) is 19.6 Å². The Kier molecular flexibility index (Phi) is 4.95. The molecule has 1 aliphatic rings. The lowest BCUT2D eigenvalue weighted by Gasteiger charge is -2.38. The van der Waals surface area contributed by atoms with E-state index in [-0.39, 0.29) is 18.0 Å². The van der Waals surface area contributed by atoms with Gasteiger partial charge in [0.25, 0.3) is 0 Å². The van der Waals surface area contributed by atoms with Crippen LogP contribution in [0.1, 0.15) is 40.5 Å². The maximum absolute atomic E-state index is 11.4. The Hall–Kier alpha value is -0.610. The first-order valence-corrected chi connectivity index (χ1v) is 6.58. The largest absolute Gasteiger partial charge is 0.368 e. The molecule has 0 spiro atoms. The Balaban J connectivity index is 2.43. The lowest BCUT2D eigenvalue weighted by molar-refractivity contribution is -0.120. The van der Waals surface area contributed by atoms with Gasteiger partial charge in [0.05, 0.1) is 6.04 Å². The SMILES string of the molecule is CC(C)NC(CN1CCC(C)(C)CC1)C(N)=O. The average molecular weight is 241 g/mol. The van der Waals surface area contributed by atoms with Gasteiger partial charge in [-0.15, -0.1) is 0 Å². The zero-order valence-electron chi connectivity index (χ0n) is 11.6. The van der Waals surface area contributed by atoms with E-state index >= 15 is 0 Å². The third kappa shape index (κ3) is 5.04. The molecule has 4 heteroatoms. The third-order valence-corrected chi connectivity index (χ3v) is 3.53. The highest BCUT2D eigenvalue weighted by molar-refractivity contribution is 5.80. The minimum atomic E-state index is -0.247. The normalized spacial score (nSPS) is 22.6. The van der Waals surface area contributed by atoms with E-state index in [1.807, 2.05) is 13.8 Å². The van der Waals surface area contributed by atoms with Gasteiger partial charge in [0.15, 0.2) is 0 Å². The van der Waals surface area contributed by atoms with E-state index in [2.05, 4.69) is 24.1 Å². The number of rotatable bonds is 5. The number of carbonyl (C=O) groups excluding carboxylic acids is 1. The van der Waals surface area contributed by atoms with Gasteiger partial charge in [0.1, 0.15) is 0 Å². The lowest BCUT2D eigenvalue weighted by Crippen LogP contribution is -2.53. The summed E-state index contributed by atoms with van der Waals surface area (Å²) in [5.41, 5.74) is 5.88. The van der Waals surface area contributed by atoms with Gasteiger partial charge in [-0.05, 0) is 31.3 Å². The molecule has 1 rings (SSSR count). The molecule has 1 atom stereocenters. The Morgan fingerprint density at radius 2 is 1.88 bits per heavy atom. The molecule has 0 bridgehead atoms. The lowest BCUT2D eigenvalue weighted by atomic mass is 9.82. The zero-order valence-corrected chi connectivity index (χ0v) is 11.6. The molecule has 1 aliphatic heterocycles. The highest BCUT2D eigenvalue weighted by Gasteiger charge is 2.28. The summed E-state index contributed by atoms with van der Waals surface area (Å²) in [5, 5.41) is 3.23. The van der Waals surface area contributed by atoms with Gasteiger partial charge >= 0.3 is 0 Å². The predicted molar refractivity (Wildman–Crippen MR) is 70.7 cm³/mol. The number of nitrogens with one attached hydrogen (secondary N) is 1.